The van der Waals surface area contributed by atoms with Gasteiger partial charge in [0.25, 0.3) is 0 Å². The molecule has 0 amide bonds. The number of Topliss-reactive ketones (excluding diaryl/α,β-unsaturated/α-hetero) is 1. The van der Waals surface area contributed by atoms with E-state index in [0.717, 1.165) is 12.0 Å². The standard InChI is InChI=1S/C24H35ClO3/c1-7-14(3)21-16(11-9-10-15(4)19(26)8-2)17-12-20(25)23(5,27)13-18(17)22-24(21,6)28-22/h7,9-11,16-18,20-22,27H,8,12-13H2,1-6H3/b11-9+,14-7+,15-10+. The Morgan fingerprint density at radius 1 is 1.29 bits per heavy atom. The van der Waals surface area contributed by atoms with Gasteiger partial charge in [-0.2, -0.15) is 0 Å². The van der Waals surface area contributed by atoms with Crippen LogP contribution in [-0.4, -0.2) is 33.6 Å². The Kier molecular flexibility index (Phi) is 6.02. The topological polar surface area (TPSA) is 49.8 Å². The SMILES string of the molecule is C/C=C(\C)C1C(/C=C/C=C(\C)C(=O)CC)C2CC(Cl)C(C)(O)CC2C2OC21C. The molecule has 0 bridgehead atoms. The lowest BCUT2D eigenvalue weighted by Gasteiger charge is -2.50. The number of hydrogen-bond acceptors (Lipinski definition) is 3. The molecule has 3 rings (SSSR count). The molecule has 0 aromatic heterocycles. The summed E-state index contributed by atoms with van der Waals surface area (Å²) in [5.41, 5.74) is 1.10. The number of epoxide rings is 1. The molecule has 0 radical (unpaired) electrons. The van der Waals surface area contributed by atoms with Gasteiger partial charge < -0.3 is 9.84 Å². The zero-order valence-electron chi connectivity index (χ0n) is 18.0. The Morgan fingerprint density at radius 3 is 2.57 bits per heavy atom. The summed E-state index contributed by atoms with van der Waals surface area (Å²) in [5, 5.41) is 10.5. The van der Waals surface area contributed by atoms with Gasteiger partial charge in [0.1, 0.15) is 0 Å². The third-order valence-corrected chi connectivity index (χ3v) is 8.16. The van der Waals surface area contributed by atoms with Crippen LogP contribution >= 0.6 is 11.6 Å². The van der Waals surface area contributed by atoms with E-state index < -0.39 is 5.60 Å². The van der Waals surface area contributed by atoms with Gasteiger partial charge >= 0.3 is 0 Å². The van der Waals surface area contributed by atoms with Crippen LogP contribution < -0.4 is 0 Å². The van der Waals surface area contributed by atoms with E-state index in [1.165, 1.54) is 5.57 Å². The molecule has 2 saturated carbocycles. The summed E-state index contributed by atoms with van der Waals surface area (Å²) in [5.74, 6) is 1.44. The lowest BCUT2D eigenvalue weighted by atomic mass is 9.55. The molecule has 3 fully saturated rings. The number of ketones is 1. The van der Waals surface area contributed by atoms with Crippen molar-refractivity contribution in [3.05, 3.63) is 35.5 Å². The number of rotatable bonds is 5. The molecule has 0 aromatic rings. The van der Waals surface area contributed by atoms with Crippen LogP contribution in [0.5, 0.6) is 0 Å². The van der Waals surface area contributed by atoms with Gasteiger partial charge in [-0.15, -0.1) is 11.6 Å². The molecule has 1 N–H and O–H groups in total. The van der Waals surface area contributed by atoms with Gasteiger partial charge in [-0.3, -0.25) is 4.79 Å². The molecule has 1 saturated heterocycles. The number of halogens is 1. The maximum Gasteiger partial charge on any atom is 0.158 e. The maximum atomic E-state index is 11.9. The second-order valence-corrected chi connectivity index (χ2v) is 9.94. The molecule has 8 unspecified atom stereocenters. The molecule has 156 valence electrons. The summed E-state index contributed by atoms with van der Waals surface area (Å²) >= 11 is 6.61. The molecule has 1 heterocycles. The van der Waals surface area contributed by atoms with E-state index >= 15 is 0 Å². The van der Waals surface area contributed by atoms with Crippen molar-refractivity contribution in [2.45, 2.75) is 83.5 Å². The van der Waals surface area contributed by atoms with Crippen LogP contribution in [0.1, 0.15) is 60.8 Å². The number of ether oxygens (including phenoxy) is 1. The summed E-state index contributed by atoms with van der Waals surface area (Å²) in [7, 11) is 0. The van der Waals surface area contributed by atoms with E-state index in [1.54, 1.807) is 0 Å². The first kappa shape index (κ1) is 21.8. The van der Waals surface area contributed by atoms with Crippen molar-refractivity contribution in [2.75, 3.05) is 0 Å². The van der Waals surface area contributed by atoms with Crippen molar-refractivity contribution in [2.24, 2.45) is 23.7 Å². The number of allylic oxidation sites excluding steroid dienone is 5. The lowest BCUT2D eigenvalue weighted by Crippen LogP contribution is -2.54. The van der Waals surface area contributed by atoms with Gasteiger partial charge in [-0.05, 0) is 70.8 Å². The number of carbonyl (C=O) groups excluding carboxylic acids is 1. The average molecular weight is 407 g/mol. The molecule has 28 heavy (non-hydrogen) atoms. The summed E-state index contributed by atoms with van der Waals surface area (Å²) in [6.07, 6.45) is 10.6. The van der Waals surface area contributed by atoms with Crippen molar-refractivity contribution in [1.82, 2.24) is 0 Å². The van der Waals surface area contributed by atoms with Gasteiger partial charge in [0, 0.05) is 12.3 Å². The highest BCUT2D eigenvalue weighted by atomic mass is 35.5. The number of hydrogen-bond donors (Lipinski definition) is 1. The third-order valence-electron chi connectivity index (χ3n) is 7.51. The Morgan fingerprint density at radius 2 is 1.96 bits per heavy atom. The number of alkyl halides is 1. The van der Waals surface area contributed by atoms with Crippen molar-refractivity contribution < 1.29 is 14.6 Å². The molecule has 0 spiro atoms. The Bertz CT molecular complexity index is 719. The van der Waals surface area contributed by atoms with Crippen LogP contribution in [0.4, 0.5) is 0 Å². The molecule has 2 aliphatic carbocycles. The second-order valence-electron chi connectivity index (χ2n) is 9.41. The molecule has 4 heteroatoms. The largest absolute Gasteiger partial charge is 0.389 e. The average Bonchev–Trinajstić information content (AvgIpc) is 3.34. The molecule has 8 atom stereocenters. The Labute approximate surface area is 174 Å². The van der Waals surface area contributed by atoms with E-state index in [-0.39, 0.29) is 28.8 Å². The minimum absolute atomic E-state index is 0.180. The van der Waals surface area contributed by atoms with E-state index in [4.69, 9.17) is 16.3 Å². The van der Waals surface area contributed by atoms with E-state index in [1.807, 2.05) is 32.9 Å². The van der Waals surface area contributed by atoms with Gasteiger partial charge in [-0.1, -0.05) is 36.8 Å². The minimum atomic E-state index is -0.851. The molecule has 0 aromatic carbocycles. The smallest absolute Gasteiger partial charge is 0.158 e. The molecule has 3 nitrogen and oxygen atoms in total. The molecule has 1 aliphatic heterocycles. The first-order chi connectivity index (χ1) is 13.1. The van der Waals surface area contributed by atoms with Gasteiger partial charge in [0.05, 0.1) is 22.7 Å². The number of fused-ring (bicyclic) bond motifs is 3. The fraction of sp³-hybridized carbons (Fsp3) is 0.708. The van der Waals surface area contributed by atoms with Gasteiger partial charge in [0.2, 0.25) is 0 Å². The van der Waals surface area contributed by atoms with E-state index in [9.17, 15) is 9.90 Å². The first-order valence-electron chi connectivity index (χ1n) is 10.6. The normalized spacial score (nSPS) is 46.3. The van der Waals surface area contributed by atoms with Crippen LogP contribution in [0.25, 0.3) is 0 Å². The number of aliphatic hydroxyl groups is 1. The fourth-order valence-corrected chi connectivity index (χ4v) is 6.01. The summed E-state index contributed by atoms with van der Waals surface area (Å²) < 4.78 is 6.31. The van der Waals surface area contributed by atoms with Gasteiger partial charge in [-0.25, -0.2) is 0 Å². The Hall–Kier alpha value is -0.900. The highest BCUT2D eigenvalue weighted by molar-refractivity contribution is 6.21. The summed E-state index contributed by atoms with van der Waals surface area (Å²) in [6, 6.07) is 0. The fourth-order valence-electron chi connectivity index (χ4n) is 5.72. The predicted octanol–water partition coefficient (Wildman–Crippen LogP) is 5.22. The van der Waals surface area contributed by atoms with Crippen LogP contribution in [0.3, 0.4) is 0 Å². The van der Waals surface area contributed by atoms with Gasteiger partial charge in [0.15, 0.2) is 5.78 Å². The van der Waals surface area contributed by atoms with Crippen LogP contribution in [-0.2, 0) is 9.53 Å². The molecule has 3 aliphatic rings. The molecular formula is C24H35ClO3. The van der Waals surface area contributed by atoms with Crippen molar-refractivity contribution in [1.29, 1.82) is 0 Å². The first-order valence-corrected chi connectivity index (χ1v) is 11.1. The predicted molar refractivity (Wildman–Crippen MR) is 114 cm³/mol. The Balaban J connectivity index is 1.96. The zero-order valence-corrected chi connectivity index (χ0v) is 18.8. The number of carbonyl (C=O) groups is 1. The monoisotopic (exact) mass is 406 g/mol. The maximum absolute atomic E-state index is 11.9. The van der Waals surface area contributed by atoms with Crippen LogP contribution in [0.2, 0.25) is 0 Å². The van der Waals surface area contributed by atoms with Crippen LogP contribution in [0.15, 0.2) is 35.5 Å². The third kappa shape index (κ3) is 3.66. The van der Waals surface area contributed by atoms with E-state index in [2.05, 4.69) is 32.9 Å². The lowest BCUT2D eigenvalue weighted by molar-refractivity contribution is -0.115. The summed E-state index contributed by atoms with van der Waals surface area (Å²) in [4.78, 5) is 11.9. The van der Waals surface area contributed by atoms with E-state index in [0.29, 0.717) is 30.6 Å². The summed E-state index contributed by atoms with van der Waals surface area (Å²) in [6.45, 7) is 12.1. The highest BCUT2D eigenvalue weighted by Crippen LogP contribution is 2.64. The zero-order chi connectivity index (χ0) is 20.9. The quantitative estimate of drug-likeness (QED) is 0.224. The van der Waals surface area contributed by atoms with Crippen molar-refractivity contribution in [3.63, 3.8) is 0 Å². The molecular weight excluding hydrogens is 372 g/mol. The van der Waals surface area contributed by atoms with Crippen molar-refractivity contribution >= 4 is 17.4 Å². The van der Waals surface area contributed by atoms with Crippen LogP contribution in [0, 0.1) is 23.7 Å². The minimum Gasteiger partial charge on any atom is -0.389 e. The van der Waals surface area contributed by atoms with Crippen molar-refractivity contribution in [3.8, 4) is 0 Å². The second kappa shape index (κ2) is 7.74. The highest BCUT2D eigenvalue weighted by Gasteiger charge is 2.70.